The van der Waals surface area contributed by atoms with E-state index in [1.54, 1.807) is 18.1 Å². The number of ether oxygens (including phenoxy) is 1. The maximum atomic E-state index is 12.1. The SMILES string of the molecule is CCNC(=NCc1ccc(CN(C)C(=O)OC(C)(C)C)cc1)NCCc1cccnc1. The summed E-state index contributed by atoms with van der Waals surface area (Å²) in [4.78, 5) is 22.5. The van der Waals surface area contributed by atoms with Crippen LogP contribution < -0.4 is 10.6 Å². The van der Waals surface area contributed by atoms with E-state index in [0.29, 0.717) is 13.1 Å². The monoisotopic (exact) mass is 425 g/mol. The van der Waals surface area contributed by atoms with E-state index in [2.05, 4.69) is 26.7 Å². The van der Waals surface area contributed by atoms with E-state index in [1.807, 2.05) is 64.2 Å². The molecule has 0 fully saturated rings. The fourth-order valence-corrected chi connectivity index (χ4v) is 2.81. The Hall–Kier alpha value is -3.09. The number of guanidine groups is 1. The highest BCUT2D eigenvalue weighted by atomic mass is 16.6. The number of nitrogens with zero attached hydrogens (tertiary/aromatic N) is 3. The van der Waals surface area contributed by atoms with Crippen molar-refractivity contribution in [2.45, 2.75) is 52.8 Å². The molecule has 0 unspecified atom stereocenters. The maximum Gasteiger partial charge on any atom is 0.410 e. The molecule has 1 amide bonds. The largest absolute Gasteiger partial charge is 0.444 e. The lowest BCUT2D eigenvalue weighted by Crippen LogP contribution is -2.38. The number of carbonyl (C=O) groups is 1. The molecular weight excluding hydrogens is 390 g/mol. The molecule has 168 valence electrons. The molecule has 1 aromatic carbocycles. The molecule has 1 aromatic heterocycles. The van der Waals surface area contributed by atoms with Gasteiger partial charge in [0.2, 0.25) is 0 Å². The van der Waals surface area contributed by atoms with Gasteiger partial charge in [0.15, 0.2) is 5.96 Å². The third-order valence-electron chi connectivity index (χ3n) is 4.34. The number of hydrogen-bond donors (Lipinski definition) is 2. The normalized spacial score (nSPS) is 11.7. The van der Waals surface area contributed by atoms with Crippen molar-refractivity contribution in [3.63, 3.8) is 0 Å². The Morgan fingerprint density at radius 2 is 1.81 bits per heavy atom. The predicted octanol–water partition coefficient (Wildman–Crippen LogP) is 3.75. The zero-order chi connectivity index (χ0) is 22.7. The molecule has 0 aliphatic carbocycles. The highest BCUT2D eigenvalue weighted by Gasteiger charge is 2.19. The van der Waals surface area contributed by atoms with E-state index < -0.39 is 5.60 Å². The predicted molar refractivity (Wildman–Crippen MR) is 125 cm³/mol. The maximum absolute atomic E-state index is 12.1. The topological polar surface area (TPSA) is 78.9 Å². The highest BCUT2D eigenvalue weighted by Crippen LogP contribution is 2.12. The van der Waals surface area contributed by atoms with Crippen LogP contribution in [0.1, 0.15) is 44.4 Å². The van der Waals surface area contributed by atoms with Crippen molar-refractivity contribution in [2.75, 3.05) is 20.1 Å². The molecule has 2 N–H and O–H groups in total. The Bertz CT molecular complexity index is 829. The molecule has 7 nitrogen and oxygen atoms in total. The first-order valence-corrected chi connectivity index (χ1v) is 10.7. The van der Waals surface area contributed by atoms with Gasteiger partial charge < -0.3 is 20.3 Å². The minimum atomic E-state index is -0.497. The third kappa shape index (κ3) is 9.51. The van der Waals surface area contributed by atoms with E-state index in [1.165, 1.54) is 5.56 Å². The van der Waals surface area contributed by atoms with Crippen LogP contribution in [0.15, 0.2) is 53.8 Å². The number of amides is 1. The average molecular weight is 426 g/mol. The lowest BCUT2D eigenvalue weighted by Gasteiger charge is -2.24. The summed E-state index contributed by atoms with van der Waals surface area (Å²) in [7, 11) is 1.74. The van der Waals surface area contributed by atoms with Crippen molar-refractivity contribution >= 4 is 12.1 Å². The number of pyridine rings is 1. The van der Waals surface area contributed by atoms with Crippen molar-refractivity contribution in [1.29, 1.82) is 0 Å². The van der Waals surface area contributed by atoms with Gasteiger partial charge in [-0.05, 0) is 56.9 Å². The Morgan fingerprint density at radius 1 is 1.10 bits per heavy atom. The smallest absolute Gasteiger partial charge is 0.410 e. The first-order valence-electron chi connectivity index (χ1n) is 10.7. The summed E-state index contributed by atoms with van der Waals surface area (Å²) in [5, 5.41) is 6.63. The summed E-state index contributed by atoms with van der Waals surface area (Å²) in [5.41, 5.74) is 2.84. The summed E-state index contributed by atoms with van der Waals surface area (Å²) in [6.45, 7) is 10.3. The van der Waals surface area contributed by atoms with Gasteiger partial charge in [-0.1, -0.05) is 30.3 Å². The molecule has 0 aliphatic heterocycles. The zero-order valence-electron chi connectivity index (χ0n) is 19.3. The number of nitrogens with one attached hydrogen (secondary N) is 2. The van der Waals surface area contributed by atoms with Gasteiger partial charge in [0.25, 0.3) is 0 Å². The van der Waals surface area contributed by atoms with E-state index in [0.717, 1.165) is 36.6 Å². The van der Waals surface area contributed by atoms with Crippen molar-refractivity contribution in [2.24, 2.45) is 4.99 Å². The van der Waals surface area contributed by atoms with Crippen molar-refractivity contribution in [3.05, 3.63) is 65.5 Å². The number of hydrogen-bond acceptors (Lipinski definition) is 4. The Kier molecular flexibility index (Phi) is 9.31. The Labute approximate surface area is 185 Å². The minimum absolute atomic E-state index is 0.325. The average Bonchev–Trinajstić information content (AvgIpc) is 2.72. The molecule has 2 rings (SSSR count). The Balaban J connectivity index is 1.86. The molecule has 0 saturated heterocycles. The fourth-order valence-electron chi connectivity index (χ4n) is 2.81. The van der Waals surface area contributed by atoms with Gasteiger partial charge in [0, 0.05) is 39.1 Å². The zero-order valence-corrected chi connectivity index (χ0v) is 19.3. The summed E-state index contributed by atoms with van der Waals surface area (Å²) >= 11 is 0. The molecule has 1 heterocycles. The molecule has 0 spiro atoms. The second kappa shape index (κ2) is 11.9. The summed E-state index contributed by atoms with van der Waals surface area (Å²) in [6, 6.07) is 12.1. The molecule has 0 atom stereocenters. The van der Waals surface area contributed by atoms with Crippen molar-refractivity contribution in [1.82, 2.24) is 20.5 Å². The van der Waals surface area contributed by atoms with Crippen LogP contribution in [-0.2, 0) is 24.2 Å². The second-order valence-electron chi connectivity index (χ2n) is 8.39. The molecule has 0 bridgehead atoms. The van der Waals surface area contributed by atoms with Gasteiger partial charge in [-0.15, -0.1) is 0 Å². The van der Waals surface area contributed by atoms with Gasteiger partial charge in [0.1, 0.15) is 5.60 Å². The van der Waals surface area contributed by atoms with Gasteiger partial charge >= 0.3 is 6.09 Å². The summed E-state index contributed by atoms with van der Waals surface area (Å²) in [6.07, 6.45) is 4.23. The second-order valence-corrected chi connectivity index (χ2v) is 8.39. The first-order chi connectivity index (χ1) is 14.8. The molecule has 0 aliphatic rings. The van der Waals surface area contributed by atoms with Crippen LogP contribution in [0.4, 0.5) is 4.79 Å². The first kappa shape index (κ1) is 24.2. The number of aromatic nitrogens is 1. The van der Waals surface area contributed by atoms with Gasteiger partial charge in [-0.2, -0.15) is 0 Å². The van der Waals surface area contributed by atoms with Crippen LogP contribution >= 0.6 is 0 Å². The van der Waals surface area contributed by atoms with Gasteiger partial charge in [0.05, 0.1) is 6.54 Å². The third-order valence-corrected chi connectivity index (χ3v) is 4.34. The van der Waals surface area contributed by atoms with Gasteiger partial charge in [-0.3, -0.25) is 4.98 Å². The van der Waals surface area contributed by atoms with Crippen LogP contribution in [0.25, 0.3) is 0 Å². The van der Waals surface area contributed by atoms with E-state index >= 15 is 0 Å². The molecule has 2 aromatic rings. The van der Waals surface area contributed by atoms with Crippen LogP contribution in [-0.4, -0.2) is 47.7 Å². The van der Waals surface area contributed by atoms with E-state index in [-0.39, 0.29) is 6.09 Å². The molecule has 31 heavy (non-hydrogen) atoms. The van der Waals surface area contributed by atoms with Crippen LogP contribution in [0.5, 0.6) is 0 Å². The molecule has 7 heteroatoms. The summed E-state index contributed by atoms with van der Waals surface area (Å²) in [5.74, 6) is 0.792. The standard InChI is InChI=1S/C24H35N5O2/c1-6-26-22(27-15-13-19-8-7-14-25-16-19)28-17-20-9-11-21(12-10-20)18-29(5)23(30)31-24(2,3)4/h7-12,14,16H,6,13,15,17-18H2,1-5H3,(H2,26,27,28). The van der Waals surface area contributed by atoms with Crippen LogP contribution in [0.2, 0.25) is 0 Å². The van der Waals surface area contributed by atoms with Gasteiger partial charge in [-0.25, -0.2) is 9.79 Å². The number of benzene rings is 1. The lowest BCUT2D eigenvalue weighted by molar-refractivity contribution is 0.0285. The number of rotatable bonds is 8. The van der Waals surface area contributed by atoms with E-state index in [4.69, 9.17) is 4.74 Å². The highest BCUT2D eigenvalue weighted by molar-refractivity contribution is 5.79. The minimum Gasteiger partial charge on any atom is -0.444 e. The quantitative estimate of drug-likeness (QED) is 0.497. The van der Waals surface area contributed by atoms with Crippen molar-refractivity contribution in [3.8, 4) is 0 Å². The fraction of sp³-hybridized carbons (Fsp3) is 0.458. The molecular formula is C24H35N5O2. The summed E-state index contributed by atoms with van der Waals surface area (Å²) < 4.78 is 5.40. The molecule has 0 radical (unpaired) electrons. The molecule has 0 saturated carbocycles. The number of aliphatic imine (C=N–C) groups is 1. The van der Waals surface area contributed by atoms with E-state index in [9.17, 15) is 4.79 Å². The number of carbonyl (C=O) groups excluding carboxylic acids is 1. The van der Waals surface area contributed by atoms with Crippen LogP contribution in [0, 0.1) is 0 Å². The Morgan fingerprint density at radius 3 is 2.42 bits per heavy atom. The van der Waals surface area contributed by atoms with Crippen LogP contribution in [0.3, 0.4) is 0 Å². The lowest BCUT2D eigenvalue weighted by atomic mass is 10.1. The van der Waals surface area contributed by atoms with Crippen molar-refractivity contribution < 1.29 is 9.53 Å².